The van der Waals surface area contributed by atoms with E-state index in [1.54, 1.807) is 12.1 Å². The first-order chi connectivity index (χ1) is 15.3. The molecule has 0 amide bonds. The second-order valence-electron chi connectivity index (χ2n) is 8.97. The molecule has 3 aromatic rings. The summed E-state index contributed by atoms with van der Waals surface area (Å²) in [5, 5.41) is 11.8. The van der Waals surface area contributed by atoms with Crippen LogP contribution in [0, 0.1) is 10.1 Å². The highest BCUT2D eigenvalue weighted by molar-refractivity contribution is 5.89. The molecule has 0 saturated carbocycles. The molecule has 0 bridgehead atoms. The van der Waals surface area contributed by atoms with Crippen LogP contribution in [0.5, 0.6) is 0 Å². The number of nitro groups is 1. The van der Waals surface area contributed by atoms with Gasteiger partial charge in [-0.25, -0.2) is 4.79 Å². The maximum Gasteiger partial charge on any atom is 0.338 e. The highest BCUT2D eigenvalue weighted by atomic mass is 127. The van der Waals surface area contributed by atoms with Crippen molar-refractivity contribution in [3.05, 3.63) is 70.4 Å². The first-order valence-electron chi connectivity index (χ1n) is 11.1. The smallest absolute Gasteiger partial charge is 0.338 e. The molecule has 0 unspecified atom stereocenters. The van der Waals surface area contributed by atoms with E-state index < -0.39 is 0 Å². The number of quaternary nitrogens is 1. The average Bonchev–Trinajstić information content (AvgIpc) is 3.17. The summed E-state index contributed by atoms with van der Waals surface area (Å²) in [6.45, 7) is 1.33. The number of hydrogen-bond donors (Lipinski definition) is 0. The van der Waals surface area contributed by atoms with Crippen molar-refractivity contribution in [2.75, 3.05) is 27.7 Å². The number of nitro benzene ring substituents is 1. The Morgan fingerprint density at radius 1 is 0.970 bits per heavy atom. The number of non-ortho nitro benzene ring substituents is 1. The molecule has 7 nitrogen and oxygen atoms in total. The molecule has 8 heteroatoms. The Morgan fingerprint density at radius 3 is 2.30 bits per heavy atom. The molecule has 0 aliphatic carbocycles. The monoisotopic (exact) mass is 565 g/mol. The van der Waals surface area contributed by atoms with Gasteiger partial charge >= 0.3 is 5.97 Å². The summed E-state index contributed by atoms with van der Waals surface area (Å²) in [7, 11) is 6.26. The van der Waals surface area contributed by atoms with Gasteiger partial charge in [0, 0.05) is 35.8 Å². The fraction of sp³-hybridized carbons (Fsp3) is 0.400. The van der Waals surface area contributed by atoms with Crippen LogP contribution in [-0.4, -0.2) is 43.2 Å². The van der Waals surface area contributed by atoms with Crippen molar-refractivity contribution in [3.8, 4) is 0 Å². The molecule has 1 aromatic heterocycles. The summed E-state index contributed by atoms with van der Waals surface area (Å²) in [4.78, 5) is 22.7. The Labute approximate surface area is 212 Å². The number of unbranched alkanes of at least 4 members (excludes halogenated alkanes) is 4. The number of carbonyl (C=O) groups excluding carboxylic acids is 1. The van der Waals surface area contributed by atoms with Crippen LogP contribution in [0.1, 0.15) is 42.5 Å². The molecule has 0 N–H and O–H groups in total. The molecule has 0 aliphatic heterocycles. The van der Waals surface area contributed by atoms with Gasteiger partial charge in [-0.15, -0.1) is 0 Å². The topological polar surface area (TPSA) is 74.4 Å². The lowest BCUT2D eigenvalue weighted by molar-refractivity contribution is -0.384. The first kappa shape index (κ1) is 26.8. The summed E-state index contributed by atoms with van der Waals surface area (Å²) < 4.78 is 8.25. The molecule has 0 radical (unpaired) electrons. The van der Waals surface area contributed by atoms with Crippen molar-refractivity contribution >= 4 is 28.2 Å². The van der Waals surface area contributed by atoms with Gasteiger partial charge in [0.2, 0.25) is 0 Å². The molecule has 0 spiro atoms. The van der Waals surface area contributed by atoms with Gasteiger partial charge in [0.1, 0.15) is 5.69 Å². The number of esters is 1. The number of halogens is 1. The van der Waals surface area contributed by atoms with E-state index in [4.69, 9.17) is 4.74 Å². The van der Waals surface area contributed by atoms with Crippen molar-refractivity contribution in [1.82, 2.24) is 9.05 Å². The van der Waals surface area contributed by atoms with Gasteiger partial charge in [0.05, 0.1) is 38.2 Å². The number of benzene rings is 2. The van der Waals surface area contributed by atoms with Gasteiger partial charge in [-0.1, -0.05) is 19.3 Å². The van der Waals surface area contributed by atoms with Gasteiger partial charge in [0.25, 0.3) is 5.69 Å². The zero-order chi connectivity index (χ0) is 23.1. The Bertz CT molecular complexity index is 1070. The first-order valence-corrected chi connectivity index (χ1v) is 11.1. The standard InChI is InChI=1S/C25H32N3O4.HI/c1-28(2,3)23-12-9-20(10-13-23)25(29)32-18-8-6-4-5-7-16-26-17-15-21-19-22(27(30)31)11-14-24(21)26;/h9-15,17,19H,4-8,16,18H2,1-3H3;1H/q+1;/p-1. The quantitative estimate of drug-likeness (QED) is 0.0895. The number of carbonyl (C=O) groups is 1. The van der Waals surface area contributed by atoms with Gasteiger partial charge in [-0.3, -0.25) is 14.6 Å². The fourth-order valence-electron chi connectivity index (χ4n) is 3.70. The zero-order valence-electron chi connectivity index (χ0n) is 19.5. The third-order valence-electron chi connectivity index (χ3n) is 5.62. The fourth-order valence-corrected chi connectivity index (χ4v) is 3.70. The van der Waals surface area contributed by atoms with Crippen LogP contribution in [0.25, 0.3) is 10.9 Å². The Kier molecular flexibility index (Phi) is 9.85. The van der Waals surface area contributed by atoms with Crippen LogP contribution < -0.4 is 28.5 Å². The van der Waals surface area contributed by atoms with Crippen molar-refractivity contribution in [2.24, 2.45) is 0 Å². The highest BCUT2D eigenvalue weighted by Gasteiger charge is 2.14. The molecular weight excluding hydrogens is 533 g/mol. The van der Waals surface area contributed by atoms with E-state index in [9.17, 15) is 14.9 Å². The summed E-state index contributed by atoms with van der Waals surface area (Å²) in [5.74, 6) is -0.266. The van der Waals surface area contributed by atoms with Crippen LogP contribution >= 0.6 is 0 Å². The van der Waals surface area contributed by atoms with E-state index >= 15 is 0 Å². The van der Waals surface area contributed by atoms with Crippen LogP contribution in [0.2, 0.25) is 0 Å². The summed E-state index contributed by atoms with van der Waals surface area (Å²) in [6, 6.07) is 14.5. The zero-order valence-corrected chi connectivity index (χ0v) is 21.7. The Hall–Kier alpha value is -2.46. The van der Waals surface area contributed by atoms with Crippen molar-refractivity contribution in [3.63, 3.8) is 0 Å². The molecule has 0 fully saturated rings. The number of aryl methyl sites for hydroxylation is 1. The van der Waals surface area contributed by atoms with Gasteiger partial charge in [0.15, 0.2) is 0 Å². The number of nitrogens with zero attached hydrogens (tertiary/aromatic N) is 3. The largest absolute Gasteiger partial charge is 1.00 e. The molecule has 0 saturated heterocycles. The molecular formula is C25H32IN3O4. The third kappa shape index (κ3) is 7.53. The average molecular weight is 565 g/mol. The minimum absolute atomic E-state index is 0. The minimum atomic E-state index is -0.365. The lowest BCUT2D eigenvalue weighted by Gasteiger charge is -2.23. The van der Waals surface area contributed by atoms with Crippen molar-refractivity contribution in [2.45, 2.75) is 38.6 Å². The van der Waals surface area contributed by atoms with Gasteiger partial charge in [-0.05, 0) is 49.2 Å². The molecule has 0 aliphatic rings. The maximum atomic E-state index is 12.2. The Morgan fingerprint density at radius 2 is 1.64 bits per heavy atom. The number of ether oxygens (including phenoxy) is 1. The predicted octanol–water partition coefficient (Wildman–Crippen LogP) is 2.56. The maximum absolute atomic E-state index is 12.2. The summed E-state index contributed by atoms with van der Waals surface area (Å²) >= 11 is 0. The SMILES string of the molecule is C[N+](C)(C)c1ccc(C(=O)OCCCCCCCn2ccc3cc([N+](=O)[O-])ccc32)cc1.[I-]. The van der Waals surface area contributed by atoms with E-state index in [0.29, 0.717) is 16.7 Å². The van der Waals surface area contributed by atoms with Crippen LogP contribution in [0.3, 0.4) is 0 Å². The van der Waals surface area contributed by atoms with Gasteiger partial charge < -0.3 is 33.3 Å². The molecule has 1 heterocycles. The summed E-state index contributed by atoms with van der Waals surface area (Å²) in [5.41, 5.74) is 2.87. The van der Waals surface area contributed by atoms with E-state index in [0.717, 1.165) is 55.2 Å². The number of hydrogen-bond acceptors (Lipinski definition) is 4. The van der Waals surface area contributed by atoms with Crippen molar-refractivity contribution < 1.29 is 38.4 Å². The molecule has 33 heavy (non-hydrogen) atoms. The van der Waals surface area contributed by atoms with Gasteiger partial charge in [-0.2, -0.15) is 0 Å². The molecule has 178 valence electrons. The minimum Gasteiger partial charge on any atom is -1.00 e. The lowest BCUT2D eigenvalue weighted by atomic mass is 10.1. The third-order valence-corrected chi connectivity index (χ3v) is 5.62. The molecule has 3 rings (SSSR count). The highest BCUT2D eigenvalue weighted by Crippen LogP contribution is 2.22. The summed E-state index contributed by atoms with van der Waals surface area (Å²) in [6.07, 6.45) is 7.08. The predicted molar refractivity (Wildman–Crippen MR) is 128 cm³/mol. The van der Waals surface area contributed by atoms with E-state index in [1.807, 2.05) is 42.6 Å². The number of aromatic nitrogens is 1. The normalized spacial score (nSPS) is 11.2. The molecule has 2 aromatic carbocycles. The number of fused-ring (bicyclic) bond motifs is 1. The van der Waals surface area contributed by atoms with E-state index in [-0.39, 0.29) is 40.6 Å². The second kappa shape index (κ2) is 12.1. The Balaban J connectivity index is 0.00000385. The molecule has 0 atom stereocenters. The van der Waals surface area contributed by atoms with Crippen LogP contribution in [0.4, 0.5) is 11.4 Å². The lowest BCUT2D eigenvalue weighted by Crippen LogP contribution is -3.00. The van der Waals surface area contributed by atoms with Crippen LogP contribution in [0.15, 0.2) is 54.7 Å². The second-order valence-corrected chi connectivity index (χ2v) is 8.97. The van der Waals surface area contributed by atoms with Crippen LogP contribution in [-0.2, 0) is 11.3 Å². The number of rotatable bonds is 11. The van der Waals surface area contributed by atoms with Crippen molar-refractivity contribution in [1.29, 1.82) is 0 Å². The van der Waals surface area contributed by atoms with E-state index in [1.165, 1.54) is 0 Å². The van der Waals surface area contributed by atoms with E-state index in [2.05, 4.69) is 25.7 Å².